The smallest absolute Gasteiger partial charge is 0.309 e. The zero-order chi connectivity index (χ0) is 8.15. The molecular formula is C6H12O4. The van der Waals surface area contributed by atoms with Gasteiger partial charge in [-0.1, -0.05) is 0 Å². The molecule has 60 valence electrons. The number of carbonyl (C=O) groups is 1. The first-order valence-corrected chi connectivity index (χ1v) is 3.11. The fraction of sp³-hybridized carbons (Fsp3) is 0.833. The van der Waals surface area contributed by atoms with Crippen molar-refractivity contribution in [2.75, 3.05) is 6.61 Å². The van der Waals surface area contributed by atoms with Crippen LogP contribution in [0.15, 0.2) is 0 Å². The van der Waals surface area contributed by atoms with Gasteiger partial charge in [0.05, 0.1) is 12.0 Å². The highest BCUT2D eigenvalue weighted by Crippen LogP contribution is 2.07. The largest absolute Gasteiger partial charge is 0.481 e. The first kappa shape index (κ1) is 9.39. The summed E-state index contributed by atoms with van der Waals surface area (Å²) in [6.45, 7) is 1.19. The molecule has 2 unspecified atom stereocenters. The molecule has 0 heterocycles. The summed E-state index contributed by atoms with van der Waals surface area (Å²) in [6, 6.07) is 0. The summed E-state index contributed by atoms with van der Waals surface area (Å²) in [4.78, 5) is 10.3. The maximum atomic E-state index is 10.3. The molecule has 0 saturated heterocycles. The molecule has 0 fully saturated rings. The van der Waals surface area contributed by atoms with Gasteiger partial charge in [0.1, 0.15) is 0 Å². The first-order valence-electron chi connectivity index (χ1n) is 3.11. The van der Waals surface area contributed by atoms with Crippen LogP contribution in [0.1, 0.15) is 13.3 Å². The number of aliphatic hydroxyl groups is 2. The Labute approximate surface area is 59.1 Å². The molecule has 0 bridgehead atoms. The molecule has 0 rings (SSSR count). The van der Waals surface area contributed by atoms with E-state index in [0.29, 0.717) is 0 Å². The zero-order valence-corrected chi connectivity index (χ0v) is 5.82. The molecule has 0 amide bonds. The second-order valence-electron chi connectivity index (χ2n) is 2.20. The van der Waals surface area contributed by atoms with Crippen LogP contribution in [0.5, 0.6) is 0 Å². The molecule has 0 spiro atoms. The van der Waals surface area contributed by atoms with E-state index in [-0.39, 0.29) is 13.0 Å². The van der Waals surface area contributed by atoms with Gasteiger partial charge >= 0.3 is 5.97 Å². The minimum absolute atomic E-state index is 0.104. The van der Waals surface area contributed by atoms with Crippen LogP contribution in [0.2, 0.25) is 0 Å². The van der Waals surface area contributed by atoms with Gasteiger partial charge in [0.2, 0.25) is 0 Å². The average Bonchev–Trinajstić information content (AvgIpc) is 1.81. The monoisotopic (exact) mass is 148 g/mol. The lowest BCUT2D eigenvalue weighted by atomic mass is 10.0. The maximum absolute atomic E-state index is 10.3. The third kappa shape index (κ3) is 2.80. The second-order valence-corrected chi connectivity index (χ2v) is 2.20. The molecule has 0 aliphatic heterocycles. The van der Waals surface area contributed by atoms with Crippen molar-refractivity contribution >= 4 is 5.97 Å². The van der Waals surface area contributed by atoms with E-state index in [1.807, 2.05) is 0 Å². The van der Waals surface area contributed by atoms with Crippen molar-refractivity contribution in [1.29, 1.82) is 0 Å². The summed E-state index contributed by atoms with van der Waals surface area (Å²) >= 11 is 0. The van der Waals surface area contributed by atoms with E-state index in [2.05, 4.69) is 0 Å². The summed E-state index contributed by atoms with van der Waals surface area (Å²) in [5, 5.41) is 25.6. The Bertz CT molecular complexity index is 110. The molecule has 2 atom stereocenters. The Kier molecular flexibility index (Phi) is 3.99. The summed E-state index contributed by atoms with van der Waals surface area (Å²) in [5.41, 5.74) is 0. The Morgan fingerprint density at radius 2 is 2.10 bits per heavy atom. The number of carboxylic acid groups (broad SMARTS) is 1. The van der Waals surface area contributed by atoms with Crippen molar-refractivity contribution in [3.63, 3.8) is 0 Å². The Morgan fingerprint density at radius 3 is 2.20 bits per heavy atom. The lowest BCUT2D eigenvalue weighted by Crippen LogP contribution is -2.26. The molecule has 0 aliphatic carbocycles. The number of hydrogen-bond donors (Lipinski definition) is 3. The first-order chi connectivity index (χ1) is 4.59. The molecular weight excluding hydrogens is 136 g/mol. The quantitative estimate of drug-likeness (QED) is 0.500. The van der Waals surface area contributed by atoms with E-state index >= 15 is 0 Å². The van der Waals surface area contributed by atoms with Crippen LogP contribution in [-0.4, -0.2) is 34.0 Å². The number of carboxylic acids is 1. The van der Waals surface area contributed by atoms with Crippen LogP contribution in [0.3, 0.4) is 0 Å². The highest BCUT2D eigenvalue weighted by Gasteiger charge is 2.21. The van der Waals surface area contributed by atoms with Gasteiger partial charge in [-0.3, -0.25) is 4.79 Å². The number of aliphatic hydroxyl groups excluding tert-OH is 2. The average molecular weight is 148 g/mol. The van der Waals surface area contributed by atoms with Gasteiger partial charge in [0, 0.05) is 6.61 Å². The van der Waals surface area contributed by atoms with Crippen LogP contribution in [0, 0.1) is 5.92 Å². The van der Waals surface area contributed by atoms with Gasteiger partial charge in [-0.2, -0.15) is 0 Å². The topological polar surface area (TPSA) is 77.8 Å². The van der Waals surface area contributed by atoms with Gasteiger partial charge < -0.3 is 15.3 Å². The predicted molar refractivity (Wildman–Crippen MR) is 34.5 cm³/mol. The highest BCUT2D eigenvalue weighted by atomic mass is 16.4. The lowest BCUT2D eigenvalue weighted by Gasteiger charge is -2.12. The van der Waals surface area contributed by atoms with E-state index < -0.39 is 18.0 Å². The third-order valence-electron chi connectivity index (χ3n) is 1.34. The second kappa shape index (κ2) is 4.24. The molecule has 0 saturated carbocycles. The van der Waals surface area contributed by atoms with Gasteiger partial charge in [-0.25, -0.2) is 0 Å². The van der Waals surface area contributed by atoms with Gasteiger partial charge in [-0.05, 0) is 13.3 Å². The van der Waals surface area contributed by atoms with Crippen LogP contribution >= 0.6 is 0 Å². The zero-order valence-electron chi connectivity index (χ0n) is 5.82. The Balaban J connectivity index is 3.85. The van der Waals surface area contributed by atoms with Crippen LogP contribution in [0.25, 0.3) is 0 Å². The minimum Gasteiger partial charge on any atom is -0.481 e. The molecule has 0 radical (unpaired) electrons. The van der Waals surface area contributed by atoms with Crippen LogP contribution < -0.4 is 0 Å². The van der Waals surface area contributed by atoms with Crippen molar-refractivity contribution in [2.24, 2.45) is 5.92 Å². The number of aliphatic carboxylic acids is 1. The fourth-order valence-electron chi connectivity index (χ4n) is 0.710. The Morgan fingerprint density at radius 1 is 1.60 bits per heavy atom. The SMILES string of the molecule is CC(O)C(CCO)C(=O)O. The van der Waals surface area contributed by atoms with Gasteiger partial charge in [0.25, 0.3) is 0 Å². The van der Waals surface area contributed by atoms with Crippen molar-refractivity contribution in [3.05, 3.63) is 0 Å². The summed E-state index contributed by atoms with van der Waals surface area (Å²) in [6.07, 6.45) is -0.794. The van der Waals surface area contributed by atoms with Crippen molar-refractivity contribution < 1.29 is 20.1 Å². The molecule has 0 aromatic heterocycles. The van der Waals surface area contributed by atoms with E-state index in [1.165, 1.54) is 6.92 Å². The molecule has 3 N–H and O–H groups in total. The Hall–Kier alpha value is -0.610. The molecule has 10 heavy (non-hydrogen) atoms. The number of hydrogen-bond acceptors (Lipinski definition) is 3. The molecule has 4 nitrogen and oxygen atoms in total. The van der Waals surface area contributed by atoms with Crippen molar-refractivity contribution in [3.8, 4) is 0 Å². The van der Waals surface area contributed by atoms with E-state index in [9.17, 15) is 4.79 Å². The minimum atomic E-state index is -1.07. The fourth-order valence-corrected chi connectivity index (χ4v) is 0.710. The van der Waals surface area contributed by atoms with Crippen molar-refractivity contribution in [2.45, 2.75) is 19.4 Å². The van der Waals surface area contributed by atoms with Crippen LogP contribution in [-0.2, 0) is 4.79 Å². The molecule has 4 heteroatoms. The highest BCUT2D eigenvalue weighted by molar-refractivity contribution is 5.70. The predicted octanol–water partition coefficient (Wildman–Crippen LogP) is -0.550. The molecule has 0 aromatic rings. The van der Waals surface area contributed by atoms with E-state index in [4.69, 9.17) is 15.3 Å². The van der Waals surface area contributed by atoms with Crippen molar-refractivity contribution in [1.82, 2.24) is 0 Å². The maximum Gasteiger partial charge on any atom is 0.309 e. The van der Waals surface area contributed by atoms with Crippen LogP contribution in [0.4, 0.5) is 0 Å². The van der Waals surface area contributed by atoms with Gasteiger partial charge in [0.15, 0.2) is 0 Å². The summed E-state index contributed by atoms with van der Waals surface area (Å²) in [7, 11) is 0. The lowest BCUT2D eigenvalue weighted by molar-refractivity contribution is -0.146. The standard InChI is InChI=1S/C6H12O4/c1-4(8)5(2-3-7)6(9)10/h4-5,7-8H,2-3H2,1H3,(H,9,10). The molecule has 0 aromatic carbocycles. The number of rotatable bonds is 4. The molecule has 0 aliphatic rings. The van der Waals surface area contributed by atoms with Gasteiger partial charge in [-0.15, -0.1) is 0 Å². The van der Waals surface area contributed by atoms with E-state index in [0.717, 1.165) is 0 Å². The normalized spacial score (nSPS) is 16.3. The summed E-state index contributed by atoms with van der Waals surface area (Å²) < 4.78 is 0. The third-order valence-corrected chi connectivity index (χ3v) is 1.34. The van der Waals surface area contributed by atoms with E-state index in [1.54, 1.807) is 0 Å². The summed E-state index contributed by atoms with van der Waals surface area (Å²) in [5.74, 6) is -1.91.